The Bertz CT molecular complexity index is 806. The monoisotopic (exact) mass is 402 g/mol. The number of aryl methyl sites for hydroxylation is 1. The van der Waals surface area contributed by atoms with Gasteiger partial charge in [0, 0.05) is 23.8 Å². The molecule has 3 amide bonds. The van der Waals surface area contributed by atoms with Crippen LogP contribution in [0.3, 0.4) is 0 Å². The summed E-state index contributed by atoms with van der Waals surface area (Å²) in [6.45, 7) is 4.23. The van der Waals surface area contributed by atoms with Crippen LogP contribution in [0.4, 0.5) is 16.2 Å². The molecule has 0 radical (unpaired) electrons. The highest BCUT2D eigenvalue weighted by Crippen LogP contribution is 2.15. The number of carbonyl (C=O) groups excluding carboxylic acids is 2. The molecule has 1 aliphatic rings. The van der Waals surface area contributed by atoms with Crippen molar-refractivity contribution in [1.82, 2.24) is 10.6 Å². The number of rotatable bonds is 5. The highest BCUT2D eigenvalue weighted by molar-refractivity contribution is 5.99. The normalized spacial score (nSPS) is 13.9. The van der Waals surface area contributed by atoms with Crippen molar-refractivity contribution in [3.8, 4) is 0 Å². The lowest BCUT2D eigenvalue weighted by Crippen LogP contribution is -2.37. The number of piperidine rings is 1. The molecule has 4 N–H and O–H groups in total. The van der Waals surface area contributed by atoms with Crippen molar-refractivity contribution in [2.75, 3.05) is 23.7 Å². The third-order valence-corrected chi connectivity index (χ3v) is 4.64. The summed E-state index contributed by atoms with van der Waals surface area (Å²) in [4.78, 5) is 24.4. The van der Waals surface area contributed by atoms with Gasteiger partial charge in [-0.3, -0.25) is 4.79 Å². The van der Waals surface area contributed by atoms with Crippen LogP contribution >= 0.6 is 12.4 Å². The van der Waals surface area contributed by atoms with Crippen LogP contribution < -0.4 is 21.3 Å². The Labute approximate surface area is 171 Å². The van der Waals surface area contributed by atoms with Crippen molar-refractivity contribution in [3.63, 3.8) is 0 Å². The Balaban J connectivity index is 0.00000280. The number of halogens is 1. The van der Waals surface area contributed by atoms with Gasteiger partial charge in [-0.2, -0.15) is 0 Å². The van der Waals surface area contributed by atoms with E-state index in [1.807, 2.05) is 55.5 Å². The average molecular weight is 403 g/mol. The molecule has 0 atom stereocenters. The van der Waals surface area contributed by atoms with E-state index in [4.69, 9.17) is 0 Å². The Morgan fingerprint density at radius 2 is 1.64 bits per heavy atom. The van der Waals surface area contributed by atoms with E-state index < -0.39 is 0 Å². The number of hydrogen-bond acceptors (Lipinski definition) is 3. The number of amides is 3. The van der Waals surface area contributed by atoms with E-state index >= 15 is 0 Å². The molecule has 1 saturated heterocycles. The van der Waals surface area contributed by atoms with Gasteiger partial charge in [0.15, 0.2) is 0 Å². The van der Waals surface area contributed by atoms with Crippen molar-refractivity contribution in [3.05, 3.63) is 59.7 Å². The Hall–Kier alpha value is -2.57. The maximum atomic E-state index is 12.2. The van der Waals surface area contributed by atoms with Crippen LogP contribution in [-0.2, 0) is 11.3 Å². The zero-order valence-corrected chi connectivity index (χ0v) is 16.8. The van der Waals surface area contributed by atoms with Gasteiger partial charge in [0.2, 0.25) is 5.91 Å². The summed E-state index contributed by atoms with van der Waals surface area (Å²) in [5.74, 6) is 0.194. The Morgan fingerprint density at radius 3 is 2.32 bits per heavy atom. The molecule has 0 bridgehead atoms. The van der Waals surface area contributed by atoms with Crippen LogP contribution in [0, 0.1) is 12.8 Å². The summed E-state index contributed by atoms with van der Waals surface area (Å²) in [6, 6.07) is 14.8. The number of nitrogens with one attached hydrogen (secondary N) is 4. The number of benzene rings is 2. The minimum absolute atomic E-state index is 0. The van der Waals surface area contributed by atoms with Crippen LogP contribution in [0.2, 0.25) is 0 Å². The zero-order valence-electron chi connectivity index (χ0n) is 16.0. The van der Waals surface area contributed by atoms with E-state index in [2.05, 4.69) is 21.3 Å². The van der Waals surface area contributed by atoms with E-state index in [1.54, 1.807) is 0 Å². The molecule has 6 nitrogen and oxygen atoms in total. The standard InChI is InChI=1S/C21H26N4O2.ClH/c1-15-4-2-6-18(12-15)24-21(27)25-19-7-3-5-16(13-19)14-23-20(26)17-8-10-22-11-9-17;/h2-7,12-13,17,22H,8-11,14H2,1H3,(H,23,26)(H2,24,25,27);1H. The molecular weight excluding hydrogens is 376 g/mol. The van der Waals surface area contributed by atoms with Gasteiger partial charge in [0.25, 0.3) is 0 Å². The van der Waals surface area contributed by atoms with Gasteiger partial charge in [0.1, 0.15) is 0 Å². The van der Waals surface area contributed by atoms with E-state index in [0.717, 1.165) is 42.7 Å². The first-order chi connectivity index (χ1) is 13.1. The largest absolute Gasteiger partial charge is 0.352 e. The summed E-state index contributed by atoms with van der Waals surface area (Å²) in [7, 11) is 0. The van der Waals surface area contributed by atoms with Crippen molar-refractivity contribution in [1.29, 1.82) is 0 Å². The molecule has 1 heterocycles. The summed E-state index contributed by atoms with van der Waals surface area (Å²) in [5, 5.41) is 11.9. The van der Waals surface area contributed by atoms with Crippen molar-refractivity contribution in [2.24, 2.45) is 5.92 Å². The van der Waals surface area contributed by atoms with E-state index in [1.165, 1.54) is 0 Å². The lowest BCUT2D eigenvalue weighted by atomic mass is 9.97. The summed E-state index contributed by atoms with van der Waals surface area (Å²) in [6.07, 6.45) is 1.76. The molecule has 0 aromatic heterocycles. The highest BCUT2D eigenvalue weighted by Gasteiger charge is 2.20. The second-order valence-electron chi connectivity index (χ2n) is 6.89. The van der Waals surface area contributed by atoms with Crippen LogP contribution in [0.5, 0.6) is 0 Å². The minimum atomic E-state index is -0.295. The topological polar surface area (TPSA) is 82.3 Å². The highest BCUT2D eigenvalue weighted by atomic mass is 35.5. The molecule has 2 aromatic carbocycles. The first kappa shape index (κ1) is 21.7. The summed E-state index contributed by atoms with van der Waals surface area (Å²) >= 11 is 0. The SMILES string of the molecule is Cc1cccc(NC(=O)Nc2cccc(CNC(=O)C3CCNCC3)c2)c1.Cl. The third-order valence-electron chi connectivity index (χ3n) is 4.64. The van der Waals surface area contributed by atoms with Gasteiger partial charge in [-0.1, -0.05) is 24.3 Å². The molecule has 150 valence electrons. The van der Waals surface area contributed by atoms with Gasteiger partial charge in [-0.15, -0.1) is 12.4 Å². The minimum Gasteiger partial charge on any atom is -0.352 e. The van der Waals surface area contributed by atoms with Crippen LogP contribution in [-0.4, -0.2) is 25.0 Å². The maximum Gasteiger partial charge on any atom is 0.323 e. The second-order valence-corrected chi connectivity index (χ2v) is 6.89. The van der Waals surface area contributed by atoms with E-state index in [9.17, 15) is 9.59 Å². The van der Waals surface area contributed by atoms with Gasteiger partial charge in [-0.25, -0.2) is 4.79 Å². The zero-order chi connectivity index (χ0) is 19.1. The fourth-order valence-corrected chi connectivity index (χ4v) is 3.19. The van der Waals surface area contributed by atoms with Crippen molar-refractivity contribution < 1.29 is 9.59 Å². The molecule has 28 heavy (non-hydrogen) atoms. The van der Waals surface area contributed by atoms with Crippen molar-refractivity contribution in [2.45, 2.75) is 26.3 Å². The van der Waals surface area contributed by atoms with Gasteiger partial charge >= 0.3 is 6.03 Å². The quantitative estimate of drug-likeness (QED) is 0.615. The van der Waals surface area contributed by atoms with Crippen LogP contribution in [0.1, 0.15) is 24.0 Å². The lowest BCUT2D eigenvalue weighted by Gasteiger charge is -2.21. The number of carbonyl (C=O) groups is 2. The summed E-state index contributed by atoms with van der Waals surface area (Å²) < 4.78 is 0. The van der Waals surface area contributed by atoms with Gasteiger partial charge < -0.3 is 21.3 Å². The molecule has 0 saturated carbocycles. The first-order valence-electron chi connectivity index (χ1n) is 9.32. The average Bonchev–Trinajstić information content (AvgIpc) is 2.67. The molecule has 3 rings (SSSR count). The smallest absolute Gasteiger partial charge is 0.323 e. The van der Waals surface area contributed by atoms with E-state index in [0.29, 0.717) is 12.2 Å². The molecule has 7 heteroatoms. The van der Waals surface area contributed by atoms with E-state index in [-0.39, 0.29) is 30.3 Å². The van der Waals surface area contributed by atoms with Gasteiger partial charge in [-0.05, 0) is 68.2 Å². The Kier molecular flexibility index (Phi) is 8.29. The van der Waals surface area contributed by atoms with Crippen LogP contribution in [0.25, 0.3) is 0 Å². The molecule has 1 fully saturated rings. The molecular formula is C21H27ClN4O2. The van der Waals surface area contributed by atoms with Crippen LogP contribution in [0.15, 0.2) is 48.5 Å². The summed E-state index contributed by atoms with van der Waals surface area (Å²) in [5.41, 5.74) is 3.47. The predicted molar refractivity (Wildman–Crippen MR) is 115 cm³/mol. The van der Waals surface area contributed by atoms with Crippen molar-refractivity contribution >= 4 is 35.7 Å². The first-order valence-corrected chi connectivity index (χ1v) is 9.32. The maximum absolute atomic E-state index is 12.2. The predicted octanol–water partition coefficient (Wildman–Crippen LogP) is 3.68. The number of anilines is 2. The lowest BCUT2D eigenvalue weighted by molar-refractivity contribution is -0.125. The second kappa shape index (κ2) is 10.7. The fraction of sp³-hybridized carbons (Fsp3) is 0.333. The number of urea groups is 1. The third kappa shape index (κ3) is 6.55. The molecule has 1 aliphatic heterocycles. The Morgan fingerprint density at radius 1 is 1.00 bits per heavy atom. The molecule has 0 aliphatic carbocycles. The molecule has 2 aromatic rings. The number of hydrogen-bond donors (Lipinski definition) is 4. The van der Waals surface area contributed by atoms with Gasteiger partial charge in [0.05, 0.1) is 0 Å². The fourth-order valence-electron chi connectivity index (χ4n) is 3.19. The molecule has 0 unspecified atom stereocenters. The molecule has 0 spiro atoms.